The number of H-pyrrole nitrogens is 1. The molecule has 188 valence electrons. The molecule has 0 bridgehead atoms. The largest absolute Gasteiger partial charge is 0.322 e. The molecule has 0 saturated heterocycles. The first-order chi connectivity index (χ1) is 18.2. The van der Waals surface area contributed by atoms with Crippen LogP contribution in [0.3, 0.4) is 0 Å². The fourth-order valence-corrected chi connectivity index (χ4v) is 4.62. The Morgan fingerprint density at radius 1 is 0.838 bits per heavy atom. The molecule has 2 heterocycles. The molecule has 7 heteroatoms. The summed E-state index contributed by atoms with van der Waals surface area (Å²) in [7, 11) is 0. The number of aryl methyl sites for hydroxylation is 3. The van der Waals surface area contributed by atoms with E-state index in [1.54, 1.807) is 0 Å². The third-order valence-corrected chi connectivity index (χ3v) is 6.77. The van der Waals surface area contributed by atoms with Crippen LogP contribution < -0.4 is 5.56 Å². The number of aromatic nitrogens is 5. The number of tetrazole rings is 1. The Hall–Kier alpha value is -4.10. The first kappa shape index (κ1) is 24.6. The van der Waals surface area contributed by atoms with Crippen LogP contribution in [0.15, 0.2) is 89.7 Å². The van der Waals surface area contributed by atoms with E-state index in [2.05, 4.69) is 80.9 Å². The second-order valence-corrected chi connectivity index (χ2v) is 9.40. The van der Waals surface area contributed by atoms with Gasteiger partial charge >= 0.3 is 0 Å². The highest BCUT2D eigenvalue weighted by Crippen LogP contribution is 2.16. The third-order valence-electron chi connectivity index (χ3n) is 6.77. The van der Waals surface area contributed by atoms with Gasteiger partial charge in [0.15, 0.2) is 5.82 Å². The maximum Gasteiger partial charge on any atom is 0.252 e. The predicted octanol–water partition coefficient (Wildman–Crippen LogP) is 4.56. The van der Waals surface area contributed by atoms with Crippen molar-refractivity contribution in [3.63, 3.8) is 0 Å². The van der Waals surface area contributed by atoms with Gasteiger partial charge in [-0.15, -0.1) is 5.10 Å². The molecule has 0 aliphatic heterocycles. The number of hydrogen-bond acceptors (Lipinski definition) is 5. The smallest absolute Gasteiger partial charge is 0.252 e. The molecule has 0 amide bonds. The average Bonchev–Trinajstić information content (AvgIpc) is 3.38. The van der Waals surface area contributed by atoms with Gasteiger partial charge in [0.1, 0.15) is 0 Å². The Labute approximate surface area is 216 Å². The highest BCUT2D eigenvalue weighted by atomic mass is 16.1. The monoisotopic (exact) mass is 492 g/mol. The lowest BCUT2D eigenvalue weighted by Gasteiger charge is -2.22. The lowest BCUT2D eigenvalue weighted by Crippen LogP contribution is -2.30. The summed E-state index contributed by atoms with van der Waals surface area (Å²) in [5, 5.41) is 13.6. The Morgan fingerprint density at radius 3 is 2.30 bits per heavy atom. The van der Waals surface area contributed by atoms with Crippen LogP contribution in [0, 0.1) is 0 Å². The molecule has 7 nitrogen and oxygen atoms in total. The molecule has 2 aromatic heterocycles. The van der Waals surface area contributed by atoms with Gasteiger partial charge in [0.2, 0.25) is 0 Å². The predicted molar refractivity (Wildman–Crippen MR) is 146 cm³/mol. The van der Waals surface area contributed by atoms with Crippen molar-refractivity contribution >= 4 is 10.9 Å². The SMILES string of the molecule is CCc1ccc2[nH]c(=O)c(CN(CCc3ccccc3)Cc3nnnn3CCc3ccccc3)cc2c1. The summed E-state index contributed by atoms with van der Waals surface area (Å²) in [5.41, 5.74) is 5.33. The minimum absolute atomic E-state index is 0.0508. The summed E-state index contributed by atoms with van der Waals surface area (Å²) < 4.78 is 1.88. The molecule has 0 aliphatic carbocycles. The summed E-state index contributed by atoms with van der Waals surface area (Å²) in [6, 6.07) is 29.0. The zero-order valence-electron chi connectivity index (χ0n) is 21.2. The van der Waals surface area contributed by atoms with Crippen LogP contribution in [-0.4, -0.2) is 36.6 Å². The van der Waals surface area contributed by atoms with Crippen molar-refractivity contribution in [3.05, 3.63) is 123 Å². The number of aromatic amines is 1. The Morgan fingerprint density at radius 2 is 1.57 bits per heavy atom. The van der Waals surface area contributed by atoms with Gasteiger partial charge in [-0.2, -0.15) is 0 Å². The van der Waals surface area contributed by atoms with Gasteiger partial charge in [-0.1, -0.05) is 73.7 Å². The van der Waals surface area contributed by atoms with Crippen LogP contribution >= 0.6 is 0 Å². The highest BCUT2D eigenvalue weighted by molar-refractivity contribution is 5.79. The van der Waals surface area contributed by atoms with E-state index in [4.69, 9.17) is 0 Å². The van der Waals surface area contributed by atoms with Crippen molar-refractivity contribution in [2.24, 2.45) is 0 Å². The van der Waals surface area contributed by atoms with E-state index in [0.717, 1.165) is 48.1 Å². The van der Waals surface area contributed by atoms with Crippen LogP contribution in [0.4, 0.5) is 0 Å². The number of nitrogens with one attached hydrogen (secondary N) is 1. The highest BCUT2D eigenvalue weighted by Gasteiger charge is 2.15. The molecule has 0 radical (unpaired) electrons. The van der Waals surface area contributed by atoms with Crippen LogP contribution in [0.5, 0.6) is 0 Å². The second kappa shape index (κ2) is 11.8. The maximum atomic E-state index is 13.0. The quantitative estimate of drug-likeness (QED) is 0.292. The second-order valence-electron chi connectivity index (χ2n) is 9.40. The minimum Gasteiger partial charge on any atom is -0.322 e. The van der Waals surface area contributed by atoms with Crippen molar-refractivity contribution in [2.45, 2.75) is 45.8 Å². The summed E-state index contributed by atoms with van der Waals surface area (Å²) in [6.07, 6.45) is 2.68. The molecule has 3 aromatic carbocycles. The van der Waals surface area contributed by atoms with Gasteiger partial charge in [-0.05, 0) is 70.0 Å². The molecule has 0 fully saturated rings. The molecule has 0 atom stereocenters. The molecule has 37 heavy (non-hydrogen) atoms. The fourth-order valence-electron chi connectivity index (χ4n) is 4.62. The normalized spacial score (nSPS) is 11.4. The summed E-state index contributed by atoms with van der Waals surface area (Å²) in [6.45, 7) is 4.69. The van der Waals surface area contributed by atoms with Crippen molar-refractivity contribution in [3.8, 4) is 0 Å². The first-order valence-electron chi connectivity index (χ1n) is 12.9. The number of nitrogens with zero attached hydrogens (tertiary/aromatic N) is 5. The van der Waals surface area contributed by atoms with Crippen molar-refractivity contribution in [1.29, 1.82) is 0 Å². The Bertz CT molecular complexity index is 1490. The third kappa shape index (κ3) is 6.37. The fraction of sp³-hybridized carbons (Fsp3) is 0.267. The molecule has 1 N–H and O–H groups in total. The van der Waals surface area contributed by atoms with Gasteiger partial charge in [-0.25, -0.2) is 4.68 Å². The van der Waals surface area contributed by atoms with E-state index in [1.165, 1.54) is 16.7 Å². The molecule has 0 aliphatic rings. The summed E-state index contributed by atoms with van der Waals surface area (Å²) in [4.78, 5) is 18.3. The van der Waals surface area contributed by atoms with E-state index >= 15 is 0 Å². The summed E-state index contributed by atoms with van der Waals surface area (Å²) >= 11 is 0. The van der Waals surface area contributed by atoms with Crippen molar-refractivity contribution in [1.82, 2.24) is 30.1 Å². The van der Waals surface area contributed by atoms with Crippen LogP contribution in [0.2, 0.25) is 0 Å². The zero-order valence-corrected chi connectivity index (χ0v) is 21.2. The topological polar surface area (TPSA) is 79.7 Å². The lowest BCUT2D eigenvalue weighted by molar-refractivity contribution is 0.247. The van der Waals surface area contributed by atoms with E-state index in [0.29, 0.717) is 19.6 Å². The van der Waals surface area contributed by atoms with Crippen molar-refractivity contribution in [2.75, 3.05) is 6.54 Å². The molecular weight excluding hydrogens is 460 g/mol. The lowest BCUT2D eigenvalue weighted by atomic mass is 10.1. The number of fused-ring (bicyclic) bond motifs is 1. The van der Waals surface area contributed by atoms with E-state index in [9.17, 15) is 4.79 Å². The van der Waals surface area contributed by atoms with E-state index in [-0.39, 0.29) is 5.56 Å². The van der Waals surface area contributed by atoms with E-state index in [1.807, 2.05) is 41.1 Å². The number of benzene rings is 3. The van der Waals surface area contributed by atoms with E-state index < -0.39 is 0 Å². The van der Waals surface area contributed by atoms with Gasteiger partial charge < -0.3 is 4.98 Å². The maximum absolute atomic E-state index is 13.0. The minimum atomic E-state index is -0.0508. The molecular formula is C30H32N6O. The average molecular weight is 493 g/mol. The van der Waals surface area contributed by atoms with Crippen LogP contribution in [-0.2, 0) is 38.9 Å². The van der Waals surface area contributed by atoms with Crippen LogP contribution in [0.1, 0.15) is 35.0 Å². The van der Waals surface area contributed by atoms with Gasteiger partial charge in [0.05, 0.1) is 6.54 Å². The standard InChI is InChI=1S/C30H32N6O/c1-2-23-13-14-28-26(19-23)20-27(30(37)31-28)21-35(17-15-24-9-5-3-6-10-24)22-29-32-33-34-36(29)18-16-25-11-7-4-8-12-25/h3-14,19-20H,2,15-18,21-22H2,1H3,(H,31,37). The molecule has 0 saturated carbocycles. The zero-order chi connectivity index (χ0) is 25.5. The molecule has 0 unspecified atom stereocenters. The van der Waals surface area contributed by atoms with Crippen LogP contribution in [0.25, 0.3) is 10.9 Å². The van der Waals surface area contributed by atoms with Crippen molar-refractivity contribution < 1.29 is 0 Å². The number of rotatable bonds is 11. The Balaban J connectivity index is 1.37. The molecule has 5 rings (SSSR count). The van der Waals surface area contributed by atoms with Gasteiger partial charge in [0.25, 0.3) is 5.56 Å². The van der Waals surface area contributed by atoms with Gasteiger partial charge in [-0.3, -0.25) is 9.69 Å². The first-order valence-corrected chi connectivity index (χ1v) is 12.9. The summed E-state index contributed by atoms with van der Waals surface area (Å²) in [5.74, 6) is 0.800. The number of hydrogen-bond donors (Lipinski definition) is 1. The van der Waals surface area contributed by atoms with Gasteiger partial charge in [0, 0.05) is 30.7 Å². The molecule has 0 spiro atoms. The number of pyridine rings is 1. The Kier molecular flexibility index (Phi) is 7.81. The molecule has 5 aromatic rings.